The number of hydrogen-bond donors (Lipinski definition) is 1. The molecule has 0 spiro atoms. The van der Waals surface area contributed by atoms with E-state index in [0.29, 0.717) is 6.07 Å². The second kappa shape index (κ2) is 6.14. The van der Waals surface area contributed by atoms with Crippen LogP contribution in [0.5, 0.6) is 0 Å². The summed E-state index contributed by atoms with van der Waals surface area (Å²) in [6.45, 7) is 0.786. The minimum absolute atomic E-state index is 0.420. The van der Waals surface area contributed by atoms with Crippen molar-refractivity contribution in [2.75, 3.05) is 5.32 Å². The molecule has 0 saturated heterocycles. The Morgan fingerprint density at radius 1 is 0.958 bits per heavy atom. The van der Waals surface area contributed by atoms with Crippen LogP contribution < -0.4 is 5.32 Å². The van der Waals surface area contributed by atoms with E-state index in [4.69, 9.17) is 0 Å². The summed E-state index contributed by atoms with van der Waals surface area (Å²) in [5, 5.41) is 1.82. The number of alkyl halides is 3. The van der Waals surface area contributed by atoms with Gasteiger partial charge in [-0.25, -0.2) is 17.6 Å². The smallest absolute Gasteiger partial charge is 0.322 e. The molecule has 24 heavy (non-hydrogen) atoms. The summed E-state index contributed by atoms with van der Waals surface area (Å²) >= 11 is 0. The van der Waals surface area contributed by atoms with Crippen LogP contribution in [0, 0.1) is 30.2 Å². The van der Waals surface area contributed by atoms with E-state index in [-0.39, 0.29) is 0 Å². The highest BCUT2D eigenvalue weighted by atomic mass is 19.4. The molecular weight excluding hydrogens is 343 g/mol. The van der Waals surface area contributed by atoms with Gasteiger partial charge < -0.3 is 5.32 Å². The topological polar surface area (TPSA) is 29.1 Å². The number of carbonyl (C=O) groups excluding carboxylic acids is 1. The third-order valence-corrected chi connectivity index (χ3v) is 3.16. The number of hydrogen-bond acceptors (Lipinski definition) is 1. The number of benzene rings is 2. The van der Waals surface area contributed by atoms with E-state index in [1.165, 1.54) is 0 Å². The third-order valence-electron chi connectivity index (χ3n) is 3.16. The Morgan fingerprint density at radius 3 is 2.17 bits per heavy atom. The Labute approximate surface area is 130 Å². The zero-order chi connectivity index (χ0) is 18.2. The summed E-state index contributed by atoms with van der Waals surface area (Å²) in [7, 11) is 0. The minimum atomic E-state index is -4.70. The van der Waals surface area contributed by atoms with Gasteiger partial charge in [0.2, 0.25) is 0 Å². The molecule has 2 rings (SSSR count). The van der Waals surface area contributed by atoms with E-state index in [0.717, 1.165) is 25.1 Å². The molecule has 0 atom stereocenters. The lowest BCUT2D eigenvalue weighted by atomic mass is 10.1. The molecule has 0 radical (unpaired) electrons. The first-order chi connectivity index (χ1) is 11.0. The Kier molecular flexibility index (Phi) is 4.54. The van der Waals surface area contributed by atoms with E-state index in [1.807, 2.05) is 5.32 Å². The molecule has 9 heteroatoms. The van der Waals surface area contributed by atoms with Crippen LogP contribution in [0.2, 0.25) is 0 Å². The van der Waals surface area contributed by atoms with Gasteiger partial charge in [-0.05, 0) is 25.1 Å². The van der Waals surface area contributed by atoms with Crippen molar-refractivity contribution in [2.45, 2.75) is 13.1 Å². The quantitative estimate of drug-likeness (QED) is 0.469. The van der Waals surface area contributed by atoms with Gasteiger partial charge in [-0.1, -0.05) is 6.07 Å². The number of nitrogens with one attached hydrogen (secondary N) is 1. The number of halogens is 7. The summed E-state index contributed by atoms with van der Waals surface area (Å²) in [4.78, 5) is 11.9. The molecule has 0 saturated carbocycles. The van der Waals surface area contributed by atoms with Gasteiger partial charge in [-0.2, -0.15) is 13.2 Å². The van der Waals surface area contributed by atoms with Gasteiger partial charge in [0.05, 0.1) is 5.56 Å². The molecule has 2 aromatic rings. The maximum Gasteiger partial charge on any atom is 0.416 e. The Balaban J connectivity index is 2.42. The summed E-state index contributed by atoms with van der Waals surface area (Å²) in [6, 6.07) is 3.25. The predicted molar refractivity (Wildman–Crippen MR) is 70.4 cm³/mol. The van der Waals surface area contributed by atoms with Crippen molar-refractivity contribution >= 4 is 11.6 Å². The molecular formula is C15H8F7NO. The Hall–Kier alpha value is -2.58. The molecule has 128 valence electrons. The van der Waals surface area contributed by atoms with Crippen LogP contribution in [0.3, 0.4) is 0 Å². The highest BCUT2D eigenvalue weighted by Crippen LogP contribution is 2.31. The van der Waals surface area contributed by atoms with Crippen LogP contribution in [-0.2, 0) is 6.18 Å². The van der Waals surface area contributed by atoms with E-state index >= 15 is 0 Å². The first kappa shape index (κ1) is 17.8. The van der Waals surface area contributed by atoms with Gasteiger partial charge in [0.15, 0.2) is 17.5 Å². The summed E-state index contributed by atoms with van der Waals surface area (Å²) < 4.78 is 91.7. The highest BCUT2D eigenvalue weighted by Gasteiger charge is 2.31. The maximum atomic E-state index is 13.8. The van der Waals surface area contributed by atoms with Gasteiger partial charge in [0.25, 0.3) is 5.91 Å². The van der Waals surface area contributed by atoms with Gasteiger partial charge in [-0.3, -0.25) is 4.79 Å². The van der Waals surface area contributed by atoms with Gasteiger partial charge in [-0.15, -0.1) is 0 Å². The molecule has 0 bridgehead atoms. The van der Waals surface area contributed by atoms with E-state index in [1.54, 1.807) is 0 Å². The van der Waals surface area contributed by atoms with Crippen LogP contribution in [0.25, 0.3) is 0 Å². The first-order valence-corrected chi connectivity index (χ1v) is 6.35. The van der Waals surface area contributed by atoms with Crippen molar-refractivity contribution < 1.29 is 35.5 Å². The Bertz CT molecular complexity index is 785. The fraction of sp³-hybridized carbons (Fsp3) is 0.133. The third kappa shape index (κ3) is 3.19. The van der Waals surface area contributed by atoms with Crippen LogP contribution in [-0.4, -0.2) is 5.91 Å². The van der Waals surface area contributed by atoms with Gasteiger partial charge in [0.1, 0.15) is 11.4 Å². The molecule has 0 aliphatic rings. The second-order valence-corrected chi connectivity index (χ2v) is 4.79. The molecule has 0 fully saturated rings. The lowest BCUT2D eigenvalue weighted by Gasteiger charge is -2.12. The Morgan fingerprint density at radius 2 is 1.58 bits per heavy atom. The molecule has 0 unspecified atom stereocenters. The molecule has 1 N–H and O–H groups in total. The molecule has 0 aliphatic carbocycles. The molecule has 0 aromatic heterocycles. The maximum absolute atomic E-state index is 13.8. The monoisotopic (exact) mass is 351 g/mol. The van der Waals surface area contributed by atoms with Crippen LogP contribution in [0.15, 0.2) is 24.3 Å². The first-order valence-electron chi connectivity index (χ1n) is 6.35. The largest absolute Gasteiger partial charge is 0.416 e. The average Bonchev–Trinajstić information content (AvgIpc) is 2.50. The minimum Gasteiger partial charge on any atom is -0.322 e. The van der Waals surface area contributed by atoms with Crippen molar-refractivity contribution in [2.24, 2.45) is 0 Å². The molecule has 2 nitrogen and oxygen atoms in total. The summed E-state index contributed by atoms with van der Waals surface area (Å²) in [6.07, 6.45) is -4.70. The van der Waals surface area contributed by atoms with Gasteiger partial charge >= 0.3 is 6.18 Å². The van der Waals surface area contributed by atoms with Crippen LogP contribution in [0.4, 0.5) is 36.4 Å². The highest BCUT2D eigenvalue weighted by molar-refractivity contribution is 6.04. The summed E-state index contributed by atoms with van der Waals surface area (Å²) in [5.41, 5.74) is -3.88. The van der Waals surface area contributed by atoms with Crippen molar-refractivity contribution in [1.29, 1.82) is 0 Å². The van der Waals surface area contributed by atoms with E-state index < -0.39 is 57.7 Å². The number of anilines is 1. The van der Waals surface area contributed by atoms with E-state index in [2.05, 4.69) is 0 Å². The van der Waals surface area contributed by atoms with Gasteiger partial charge in [0, 0.05) is 11.3 Å². The fourth-order valence-corrected chi connectivity index (χ4v) is 1.92. The predicted octanol–water partition coefficient (Wildman–Crippen LogP) is 4.82. The SMILES string of the molecule is Cc1c(F)c(F)c(F)c(C(=O)Nc2cccc(C(F)(F)F)c2)c1F. The van der Waals surface area contributed by atoms with Crippen molar-refractivity contribution in [3.8, 4) is 0 Å². The number of amides is 1. The normalized spacial score (nSPS) is 11.5. The number of rotatable bonds is 2. The number of carbonyl (C=O) groups is 1. The van der Waals surface area contributed by atoms with Crippen molar-refractivity contribution in [1.82, 2.24) is 0 Å². The van der Waals surface area contributed by atoms with Crippen molar-refractivity contribution in [3.63, 3.8) is 0 Å². The molecule has 0 heterocycles. The van der Waals surface area contributed by atoms with Crippen LogP contribution >= 0.6 is 0 Å². The summed E-state index contributed by atoms with van der Waals surface area (Å²) in [5.74, 6) is -9.11. The van der Waals surface area contributed by atoms with E-state index in [9.17, 15) is 35.5 Å². The second-order valence-electron chi connectivity index (χ2n) is 4.79. The lowest BCUT2D eigenvalue weighted by Crippen LogP contribution is -2.19. The molecule has 0 aliphatic heterocycles. The zero-order valence-corrected chi connectivity index (χ0v) is 11.9. The molecule has 2 aromatic carbocycles. The zero-order valence-electron chi connectivity index (χ0n) is 11.9. The van der Waals surface area contributed by atoms with Crippen LogP contribution in [0.1, 0.15) is 21.5 Å². The molecule has 1 amide bonds. The fourth-order valence-electron chi connectivity index (χ4n) is 1.92. The van der Waals surface area contributed by atoms with Crippen molar-refractivity contribution in [3.05, 3.63) is 64.2 Å². The lowest BCUT2D eigenvalue weighted by molar-refractivity contribution is -0.137. The standard InChI is InChI=1S/C15H8F7NO/c1-6-10(16)9(12(18)13(19)11(6)17)14(24)23-8-4-2-3-7(5-8)15(20,21)22/h2-5H,1H3,(H,23,24). The average molecular weight is 351 g/mol.